The lowest BCUT2D eigenvalue weighted by Gasteiger charge is -2.11. The maximum atomic E-state index is 12.0. The molecule has 138 valence electrons. The zero-order valence-electron chi connectivity index (χ0n) is 14.8. The second kappa shape index (κ2) is 9.71. The van der Waals surface area contributed by atoms with E-state index >= 15 is 0 Å². The molecule has 8 nitrogen and oxygen atoms in total. The number of nitrogens with zero attached hydrogens (tertiary/aromatic N) is 4. The number of amides is 3. The summed E-state index contributed by atoms with van der Waals surface area (Å²) in [5.41, 5.74) is 0.874. The van der Waals surface area contributed by atoms with Crippen molar-refractivity contribution in [3.8, 4) is 11.4 Å². The third kappa shape index (κ3) is 5.41. The van der Waals surface area contributed by atoms with Crippen molar-refractivity contribution in [1.82, 2.24) is 30.4 Å². The van der Waals surface area contributed by atoms with E-state index in [1.165, 1.54) is 11.8 Å². The monoisotopic (exact) mass is 374 g/mol. The molecule has 3 amide bonds. The molecular weight excluding hydrogens is 352 g/mol. The number of nitrogens with one attached hydrogen (secondary N) is 2. The van der Waals surface area contributed by atoms with Gasteiger partial charge in [-0.2, -0.15) is 0 Å². The van der Waals surface area contributed by atoms with Gasteiger partial charge in [-0.15, -0.1) is 16.8 Å². The summed E-state index contributed by atoms with van der Waals surface area (Å²) in [5, 5.41) is 13.9. The number of allylic oxidation sites excluding steroid dienone is 1. The molecule has 0 saturated heterocycles. The molecule has 0 aromatic carbocycles. The molecule has 2 aromatic rings. The van der Waals surface area contributed by atoms with E-state index < -0.39 is 11.9 Å². The van der Waals surface area contributed by atoms with Crippen LogP contribution < -0.4 is 10.6 Å². The number of urea groups is 1. The number of imide groups is 1. The highest BCUT2D eigenvalue weighted by Gasteiger charge is 2.16. The molecule has 2 heterocycles. The van der Waals surface area contributed by atoms with Crippen LogP contribution in [0, 0.1) is 0 Å². The number of carbonyl (C=O) groups excluding carboxylic acids is 2. The molecule has 0 saturated carbocycles. The van der Waals surface area contributed by atoms with Gasteiger partial charge in [0, 0.05) is 30.5 Å². The molecule has 0 fully saturated rings. The number of thioether (sulfide) groups is 1. The third-order valence-electron chi connectivity index (χ3n) is 3.54. The zero-order valence-corrected chi connectivity index (χ0v) is 15.6. The fraction of sp³-hybridized carbons (Fsp3) is 0.353. The van der Waals surface area contributed by atoms with E-state index in [0.29, 0.717) is 17.5 Å². The summed E-state index contributed by atoms with van der Waals surface area (Å²) in [6.45, 7) is 8.08. The summed E-state index contributed by atoms with van der Waals surface area (Å²) in [7, 11) is 0. The van der Waals surface area contributed by atoms with Gasteiger partial charge in [-0.3, -0.25) is 19.7 Å². The molecule has 0 unspecified atom stereocenters. The average molecular weight is 374 g/mol. The van der Waals surface area contributed by atoms with Crippen molar-refractivity contribution in [1.29, 1.82) is 0 Å². The van der Waals surface area contributed by atoms with Crippen LogP contribution in [0.5, 0.6) is 0 Å². The van der Waals surface area contributed by atoms with Crippen LogP contribution >= 0.6 is 11.8 Å². The van der Waals surface area contributed by atoms with E-state index in [2.05, 4.69) is 32.4 Å². The lowest BCUT2D eigenvalue weighted by Crippen LogP contribution is -2.43. The Labute approximate surface area is 156 Å². The van der Waals surface area contributed by atoms with E-state index in [9.17, 15) is 9.59 Å². The molecule has 0 aliphatic carbocycles. The largest absolute Gasteiger partial charge is 0.335 e. The van der Waals surface area contributed by atoms with Gasteiger partial charge >= 0.3 is 6.03 Å². The van der Waals surface area contributed by atoms with Gasteiger partial charge in [0.25, 0.3) is 0 Å². The number of carbonyl (C=O) groups is 2. The maximum absolute atomic E-state index is 12.0. The molecule has 2 N–H and O–H groups in total. The van der Waals surface area contributed by atoms with Crippen molar-refractivity contribution in [3.05, 3.63) is 37.2 Å². The molecule has 0 aliphatic rings. The van der Waals surface area contributed by atoms with Gasteiger partial charge in [-0.25, -0.2) is 4.79 Å². The minimum atomic E-state index is -0.491. The summed E-state index contributed by atoms with van der Waals surface area (Å²) in [4.78, 5) is 27.6. The predicted molar refractivity (Wildman–Crippen MR) is 101 cm³/mol. The number of hydrogen-bond acceptors (Lipinski definition) is 6. The second-order valence-electron chi connectivity index (χ2n) is 5.56. The first-order valence-electron chi connectivity index (χ1n) is 8.22. The Morgan fingerprint density at radius 1 is 1.35 bits per heavy atom. The maximum Gasteiger partial charge on any atom is 0.321 e. The van der Waals surface area contributed by atoms with Gasteiger partial charge in [0.15, 0.2) is 11.0 Å². The molecule has 0 bridgehead atoms. The Bertz CT molecular complexity index is 762. The average Bonchev–Trinajstić information content (AvgIpc) is 3.03. The molecule has 1 atom stereocenters. The molecule has 26 heavy (non-hydrogen) atoms. The fourth-order valence-corrected chi connectivity index (χ4v) is 2.81. The van der Waals surface area contributed by atoms with Crippen molar-refractivity contribution in [2.24, 2.45) is 0 Å². The zero-order chi connectivity index (χ0) is 18.9. The lowest BCUT2D eigenvalue weighted by molar-refractivity contribution is -0.117. The highest BCUT2D eigenvalue weighted by Crippen LogP contribution is 2.23. The molecule has 0 aliphatic heterocycles. The summed E-state index contributed by atoms with van der Waals surface area (Å²) >= 11 is 1.21. The van der Waals surface area contributed by atoms with Crippen molar-refractivity contribution in [2.45, 2.75) is 38.0 Å². The summed E-state index contributed by atoms with van der Waals surface area (Å²) in [5.74, 6) is 0.332. The first-order valence-corrected chi connectivity index (χ1v) is 9.21. The number of rotatable bonds is 8. The highest BCUT2D eigenvalue weighted by molar-refractivity contribution is 7.99. The van der Waals surface area contributed by atoms with Gasteiger partial charge in [0.1, 0.15) is 0 Å². The van der Waals surface area contributed by atoms with E-state index in [0.717, 1.165) is 12.0 Å². The molecule has 9 heteroatoms. The Morgan fingerprint density at radius 2 is 2.08 bits per heavy atom. The van der Waals surface area contributed by atoms with Crippen LogP contribution in [0.1, 0.15) is 20.3 Å². The van der Waals surface area contributed by atoms with Gasteiger partial charge in [-0.1, -0.05) is 24.8 Å². The minimum absolute atomic E-state index is 0.00839. The Kier molecular flexibility index (Phi) is 7.34. The molecule has 0 radical (unpaired) electrons. The number of hydrogen-bond donors (Lipinski definition) is 2. The van der Waals surface area contributed by atoms with Crippen LogP contribution in [-0.2, 0) is 11.3 Å². The van der Waals surface area contributed by atoms with Crippen LogP contribution in [0.4, 0.5) is 4.79 Å². The van der Waals surface area contributed by atoms with E-state index in [-0.39, 0.29) is 11.8 Å². The van der Waals surface area contributed by atoms with Gasteiger partial charge < -0.3 is 5.32 Å². The Hall–Kier alpha value is -2.68. The van der Waals surface area contributed by atoms with Gasteiger partial charge in [0.05, 0.1) is 5.75 Å². The normalized spacial score (nSPS) is 11.6. The first kappa shape index (κ1) is 19.6. The van der Waals surface area contributed by atoms with E-state index in [1.807, 2.05) is 30.5 Å². The summed E-state index contributed by atoms with van der Waals surface area (Å²) in [6.07, 6.45) is 5.88. The number of pyridine rings is 1. The van der Waals surface area contributed by atoms with Crippen LogP contribution in [0.25, 0.3) is 11.4 Å². The fourth-order valence-electron chi connectivity index (χ4n) is 2.06. The lowest BCUT2D eigenvalue weighted by atomic mass is 10.2. The highest BCUT2D eigenvalue weighted by atomic mass is 32.2. The second-order valence-corrected chi connectivity index (χ2v) is 6.50. The molecular formula is C17H22N6O2S. The standard InChI is InChI=1S/C17H22N6O2S/c1-4-10-23-15(13-6-8-18-9-7-13)21-22-17(23)26-11-14(24)20-16(25)19-12(3)5-2/h4,6-9,12H,1,5,10-11H2,2-3H3,(H2,19,20,24,25)/t12-/m0/s1. The van der Waals surface area contributed by atoms with Crippen LogP contribution in [0.15, 0.2) is 42.3 Å². The van der Waals surface area contributed by atoms with E-state index in [4.69, 9.17) is 0 Å². The topological polar surface area (TPSA) is 102 Å². The van der Waals surface area contributed by atoms with Crippen molar-refractivity contribution < 1.29 is 9.59 Å². The summed E-state index contributed by atoms with van der Waals surface area (Å²) in [6, 6.07) is 3.19. The van der Waals surface area contributed by atoms with Gasteiger partial charge in [-0.05, 0) is 25.5 Å². The first-order chi connectivity index (χ1) is 12.5. The van der Waals surface area contributed by atoms with Crippen LogP contribution in [-0.4, -0.2) is 43.5 Å². The van der Waals surface area contributed by atoms with Crippen LogP contribution in [0.3, 0.4) is 0 Å². The van der Waals surface area contributed by atoms with Crippen molar-refractivity contribution in [2.75, 3.05) is 5.75 Å². The summed E-state index contributed by atoms with van der Waals surface area (Å²) < 4.78 is 1.86. The molecule has 2 rings (SSSR count). The van der Waals surface area contributed by atoms with E-state index in [1.54, 1.807) is 18.5 Å². The Balaban J connectivity index is 2.01. The number of aromatic nitrogens is 4. The van der Waals surface area contributed by atoms with Crippen LogP contribution in [0.2, 0.25) is 0 Å². The quantitative estimate of drug-likeness (QED) is 0.543. The van der Waals surface area contributed by atoms with Gasteiger partial charge in [0.2, 0.25) is 5.91 Å². The molecule has 0 spiro atoms. The van der Waals surface area contributed by atoms with Crippen molar-refractivity contribution in [3.63, 3.8) is 0 Å². The third-order valence-corrected chi connectivity index (χ3v) is 4.51. The minimum Gasteiger partial charge on any atom is -0.335 e. The Morgan fingerprint density at radius 3 is 2.73 bits per heavy atom. The SMILES string of the molecule is C=CCn1c(SCC(=O)NC(=O)N[C@@H](C)CC)nnc1-c1ccncc1. The molecule has 2 aromatic heterocycles. The predicted octanol–water partition coefficient (Wildman–Crippen LogP) is 2.24. The smallest absolute Gasteiger partial charge is 0.321 e. The van der Waals surface area contributed by atoms with Crippen molar-refractivity contribution >= 4 is 23.7 Å².